The van der Waals surface area contributed by atoms with Gasteiger partial charge in [-0.3, -0.25) is 0 Å². The lowest BCUT2D eigenvalue weighted by molar-refractivity contribution is -0.129. The van der Waals surface area contributed by atoms with Crippen LogP contribution in [0.25, 0.3) is 6.08 Å². The molecule has 2 heterocycles. The lowest BCUT2D eigenvalue weighted by atomic mass is 10.2. The van der Waals surface area contributed by atoms with Crippen molar-refractivity contribution in [2.24, 2.45) is 4.99 Å². The molecule has 0 radical (unpaired) electrons. The zero-order valence-corrected chi connectivity index (χ0v) is 15.0. The third-order valence-electron chi connectivity index (χ3n) is 3.55. The highest BCUT2D eigenvalue weighted by atomic mass is 35.5. The zero-order chi connectivity index (χ0) is 17.9. The van der Waals surface area contributed by atoms with E-state index in [1.807, 2.05) is 60.7 Å². The van der Waals surface area contributed by atoms with Crippen molar-refractivity contribution in [1.82, 2.24) is 0 Å². The number of aliphatic imine (C=N–C) groups is 1. The van der Waals surface area contributed by atoms with Crippen LogP contribution in [0.2, 0.25) is 5.02 Å². The number of halogens is 1. The number of hydrogen-bond donors (Lipinski definition) is 0. The second-order valence-electron chi connectivity index (χ2n) is 5.41. The van der Waals surface area contributed by atoms with Crippen molar-refractivity contribution >= 4 is 41.3 Å². The average Bonchev–Trinajstić information content (AvgIpc) is 3.25. The number of cyclic esters (lactones) is 1. The highest BCUT2D eigenvalue weighted by molar-refractivity contribution is 7.99. The molecule has 0 bridgehead atoms. The van der Waals surface area contributed by atoms with Crippen LogP contribution in [0.5, 0.6) is 0 Å². The number of carbonyl (C=O) groups excluding carboxylic acids is 1. The minimum atomic E-state index is -0.493. The fourth-order valence-corrected chi connectivity index (χ4v) is 3.24. The summed E-state index contributed by atoms with van der Waals surface area (Å²) in [5.74, 6) is 0.336. The summed E-state index contributed by atoms with van der Waals surface area (Å²) in [7, 11) is 0. The molecule has 0 saturated heterocycles. The fraction of sp³-hybridized carbons (Fsp3) is 0. The van der Waals surface area contributed by atoms with Crippen LogP contribution < -0.4 is 0 Å². The maximum Gasteiger partial charge on any atom is 0.363 e. The van der Waals surface area contributed by atoms with Crippen molar-refractivity contribution in [1.29, 1.82) is 0 Å². The first-order valence-corrected chi connectivity index (χ1v) is 8.98. The van der Waals surface area contributed by atoms with Crippen LogP contribution in [0.15, 0.2) is 91.8 Å². The maximum absolute atomic E-state index is 12.0. The Hall–Kier alpha value is -2.76. The first-order valence-electron chi connectivity index (χ1n) is 7.79. The SMILES string of the molecule is O=C1OC(c2ccccc2)=NC1=Cc1ccc(Sc2ccc(Cl)cc2)o1. The van der Waals surface area contributed by atoms with Crippen molar-refractivity contribution in [2.45, 2.75) is 9.99 Å². The number of carbonyl (C=O) groups is 1. The molecule has 4 rings (SSSR count). The van der Waals surface area contributed by atoms with E-state index in [4.69, 9.17) is 20.8 Å². The summed E-state index contributed by atoms with van der Waals surface area (Å²) in [5, 5.41) is 1.39. The maximum atomic E-state index is 12.0. The minimum Gasteiger partial charge on any atom is -0.450 e. The molecule has 3 aromatic rings. The summed E-state index contributed by atoms with van der Waals surface area (Å²) >= 11 is 7.35. The predicted molar refractivity (Wildman–Crippen MR) is 101 cm³/mol. The smallest absolute Gasteiger partial charge is 0.363 e. The third kappa shape index (κ3) is 3.74. The van der Waals surface area contributed by atoms with E-state index in [-0.39, 0.29) is 5.70 Å². The number of rotatable bonds is 4. The Kier molecular flexibility index (Phi) is 4.65. The molecule has 128 valence electrons. The molecule has 0 aliphatic carbocycles. The highest BCUT2D eigenvalue weighted by Gasteiger charge is 2.24. The first-order chi connectivity index (χ1) is 12.7. The topological polar surface area (TPSA) is 51.8 Å². The van der Waals surface area contributed by atoms with Gasteiger partial charge in [-0.25, -0.2) is 9.79 Å². The van der Waals surface area contributed by atoms with Gasteiger partial charge in [-0.05, 0) is 48.5 Å². The van der Waals surface area contributed by atoms with Crippen molar-refractivity contribution in [3.63, 3.8) is 0 Å². The molecule has 0 atom stereocenters. The molecule has 1 aromatic heterocycles. The molecule has 0 amide bonds. The molecule has 0 spiro atoms. The molecule has 26 heavy (non-hydrogen) atoms. The first kappa shape index (κ1) is 16.7. The van der Waals surface area contributed by atoms with E-state index >= 15 is 0 Å². The number of hydrogen-bond acceptors (Lipinski definition) is 5. The molecule has 6 heteroatoms. The van der Waals surface area contributed by atoms with Crippen LogP contribution in [0.4, 0.5) is 0 Å². The van der Waals surface area contributed by atoms with E-state index in [9.17, 15) is 4.79 Å². The third-order valence-corrected chi connectivity index (χ3v) is 4.73. The van der Waals surface area contributed by atoms with Crippen LogP contribution in [0.1, 0.15) is 11.3 Å². The Balaban J connectivity index is 1.53. The van der Waals surface area contributed by atoms with Gasteiger partial charge in [0.15, 0.2) is 10.8 Å². The summed E-state index contributed by atoms with van der Waals surface area (Å²) in [5.41, 5.74) is 0.962. The number of ether oxygens (including phenoxy) is 1. The Morgan fingerprint density at radius 1 is 0.962 bits per heavy atom. The number of benzene rings is 2. The summed E-state index contributed by atoms with van der Waals surface area (Å²) < 4.78 is 11.0. The quantitative estimate of drug-likeness (QED) is 0.446. The monoisotopic (exact) mass is 381 g/mol. The van der Waals surface area contributed by atoms with E-state index < -0.39 is 5.97 Å². The summed E-state index contributed by atoms with van der Waals surface area (Å²) in [6.07, 6.45) is 1.57. The van der Waals surface area contributed by atoms with Gasteiger partial charge in [-0.15, -0.1) is 0 Å². The number of esters is 1. The highest BCUT2D eigenvalue weighted by Crippen LogP contribution is 2.31. The predicted octanol–water partition coefficient (Wildman–Crippen LogP) is 5.43. The number of nitrogens with zero attached hydrogens (tertiary/aromatic N) is 1. The van der Waals surface area contributed by atoms with Crippen LogP contribution in [0, 0.1) is 0 Å². The Labute approximate surface area is 159 Å². The minimum absolute atomic E-state index is 0.209. The Morgan fingerprint density at radius 3 is 2.50 bits per heavy atom. The van der Waals surface area contributed by atoms with Gasteiger partial charge in [-0.1, -0.05) is 41.6 Å². The van der Waals surface area contributed by atoms with E-state index in [2.05, 4.69) is 4.99 Å². The molecule has 0 fully saturated rings. The summed E-state index contributed by atoms with van der Waals surface area (Å²) in [6, 6.07) is 20.4. The second-order valence-corrected chi connectivity index (χ2v) is 6.93. The van der Waals surface area contributed by atoms with E-state index in [1.54, 1.807) is 12.1 Å². The van der Waals surface area contributed by atoms with E-state index in [1.165, 1.54) is 11.8 Å². The average molecular weight is 382 g/mol. The standard InChI is InChI=1S/C20H12ClNO3S/c21-14-6-9-16(10-7-14)26-18-11-8-15(24-18)12-17-20(23)25-19(22-17)13-4-2-1-3-5-13/h1-12H. The van der Waals surface area contributed by atoms with Crippen molar-refractivity contribution in [3.05, 3.63) is 88.8 Å². The van der Waals surface area contributed by atoms with Gasteiger partial charge < -0.3 is 9.15 Å². The molecular formula is C20H12ClNO3S. The van der Waals surface area contributed by atoms with Crippen molar-refractivity contribution in [3.8, 4) is 0 Å². The Morgan fingerprint density at radius 2 is 1.73 bits per heavy atom. The molecule has 0 unspecified atom stereocenters. The van der Waals surface area contributed by atoms with Crippen molar-refractivity contribution < 1.29 is 13.9 Å². The van der Waals surface area contributed by atoms with Gasteiger partial charge in [0.2, 0.25) is 5.90 Å². The lowest BCUT2D eigenvalue weighted by Gasteiger charge is -1.97. The van der Waals surface area contributed by atoms with Crippen LogP contribution in [-0.4, -0.2) is 11.9 Å². The number of furan rings is 1. The lowest BCUT2D eigenvalue weighted by Crippen LogP contribution is -2.04. The molecule has 4 nitrogen and oxygen atoms in total. The van der Waals surface area contributed by atoms with E-state index in [0.29, 0.717) is 21.8 Å². The second kappa shape index (κ2) is 7.23. The van der Waals surface area contributed by atoms with Crippen LogP contribution in [0.3, 0.4) is 0 Å². The fourth-order valence-electron chi connectivity index (χ4n) is 2.33. The molecule has 2 aromatic carbocycles. The van der Waals surface area contributed by atoms with Crippen LogP contribution in [-0.2, 0) is 9.53 Å². The molecule has 1 aliphatic heterocycles. The largest absolute Gasteiger partial charge is 0.450 e. The normalized spacial score (nSPS) is 15.2. The van der Waals surface area contributed by atoms with Gasteiger partial charge >= 0.3 is 5.97 Å². The summed E-state index contributed by atoms with van der Waals surface area (Å²) in [6.45, 7) is 0. The molecule has 0 N–H and O–H groups in total. The van der Waals surface area contributed by atoms with Gasteiger partial charge in [0.25, 0.3) is 0 Å². The zero-order valence-electron chi connectivity index (χ0n) is 13.4. The van der Waals surface area contributed by atoms with Crippen LogP contribution >= 0.6 is 23.4 Å². The Bertz CT molecular complexity index is 1010. The molecule has 1 aliphatic rings. The van der Waals surface area contributed by atoms with Gasteiger partial charge in [-0.2, -0.15) is 0 Å². The molecule has 0 saturated carbocycles. The van der Waals surface area contributed by atoms with Gasteiger partial charge in [0.05, 0.1) is 0 Å². The van der Waals surface area contributed by atoms with Gasteiger partial charge in [0, 0.05) is 21.6 Å². The van der Waals surface area contributed by atoms with E-state index in [0.717, 1.165) is 10.5 Å². The van der Waals surface area contributed by atoms with Gasteiger partial charge in [0.1, 0.15) is 5.76 Å². The van der Waals surface area contributed by atoms with Crippen molar-refractivity contribution in [2.75, 3.05) is 0 Å². The summed E-state index contributed by atoms with van der Waals surface area (Å²) in [4.78, 5) is 17.3. The molecular weight excluding hydrogens is 370 g/mol.